The molecule has 28 heavy (non-hydrogen) atoms. The Hall–Kier alpha value is -2.96. The first-order valence-electron chi connectivity index (χ1n) is 9.46. The monoisotopic (exact) mass is 382 g/mol. The predicted octanol–water partition coefficient (Wildman–Crippen LogP) is 5.07. The zero-order valence-corrected chi connectivity index (χ0v) is 16.8. The van der Waals surface area contributed by atoms with Gasteiger partial charge in [-0.2, -0.15) is 0 Å². The maximum absolute atomic E-state index is 5.43. The van der Waals surface area contributed by atoms with Gasteiger partial charge < -0.3 is 0 Å². The molecule has 1 aromatic heterocycles. The number of aryl methyl sites for hydroxylation is 1. The number of hydrogen-bond acceptors (Lipinski definition) is 2. The molecule has 0 amide bonds. The molecule has 0 saturated heterocycles. The summed E-state index contributed by atoms with van der Waals surface area (Å²) in [7, 11) is -2.15. The molecule has 0 bridgehead atoms. The number of nitrogens with zero attached hydrogens (tertiary/aromatic N) is 2. The van der Waals surface area contributed by atoms with E-state index in [0.29, 0.717) is 6.54 Å². The van der Waals surface area contributed by atoms with Gasteiger partial charge >= 0.3 is 0 Å². The average molecular weight is 382 g/mol. The van der Waals surface area contributed by atoms with Crippen molar-refractivity contribution in [3.05, 3.63) is 121 Å². The fourth-order valence-electron chi connectivity index (χ4n) is 3.49. The van der Waals surface area contributed by atoms with E-state index in [9.17, 15) is 0 Å². The molecule has 0 aliphatic heterocycles. The van der Waals surface area contributed by atoms with Crippen molar-refractivity contribution >= 4 is 23.0 Å². The molecule has 0 radical (unpaired) electrons. The second kappa shape index (κ2) is 8.37. The first-order chi connectivity index (χ1) is 13.8. The minimum absolute atomic E-state index is 0.591. The third-order valence-corrected chi connectivity index (χ3v) is 8.48. The molecular weight excluding hydrogens is 359 g/mol. The van der Waals surface area contributed by atoms with Gasteiger partial charge in [0.1, 0.15) is 0 Å². The van der Waals surface area contributed by atoms with Crippen LogP contribution in [0.3, 0.4) is 0 Å². The molecule has 4 rings (SSSR count). The van der Waals surface area contributed by atoms with Crippen LogP contribution in [0.5, 0.6) is 0 Å². The highest BCUT2D eigenvalue weighted by atomic mass is 31.2. The Morgan fingerprint density at radius 3 is 1.50 bits per heavy atom. The van der Waals surface area contributed by atoms with Gasteiger partial charge in [-0.1, -0.05) is 97.1 Å². The van der Waals surface area contributed by atoms with Gasteiger partial charge in [-0.05, 0) is 19.1 Å². The minimum Gasteiger partial charge on any atom is -0.283 e. The van der Waals surface area contributed by atoms with Crippen molar-refractivity contribution in [2.45, 2.75) is 13.5 Å². The van der Waals surface area contributed by atoms with Crippen molar-refractivity contribution in [3.8, 4) is 0 Å². The van der Waals surface area contributed by atoms with Gasteiger partial charge in [-0.15, -0.1) is 0 Å². The Balaban J connectivity index is 1.99. The first-order valence-corrected chi connectivity index (χ1v) is 11.2. The Bertz CT molecular complexity index is 988. The molecule has 3 heteroatoms. The molecule has 1 heterocycles. The lowest BCUT2D eigenvalue weighted by molar-refractivity contribution is 0.980. The molecule has 2 nitrogen and oxygen atoms in total. The van der Waals surface area contributed by atoms with Gasteiger partial charge in [-0.3, -0.25) is 9.73 Å². The van der Waals surface area contributed by atoms with Crippen LogP contribution in [0.2, 0.25) is 0 Å². The molecule has 0 unspecified atom stereocenters. The second-order valence-corrected chi connectivity index (χ2v) is 9.81. The average Bonchev–Trinajstić information content (AvgIpc) is 2.77. The summed E-state index contributed by atoms with van der Waals surface area (Å²) < 4.78 is 5.43. The zero-order chi connectivity index (χ0) is 19.2. The molecule has 4 aromatic rings. The lowest BCUT2D eigenvalue weighted by atomic mass is 10.3. The van der Waals surface area contributed by atoms with E-state index in [1.54, 1.807) is 0 Å². The van der Waals surface area contributed by atoms with E-state index in [0.717, 1.165) is 11.4 Å². The first kappa shape index (κ1) is 18.4. The van der Waals surface area contributed by atoms with Crippen molar-refractivity contribution in [2.75, 3.05) is 0 Å². The van der Waals surface area contributed by atoms with Crippen LogP contribution >= 0.6 is 7.05 Å². The van der Waals surface area contributed by atoms with Gasteiger partial charge in [0.2, 0.25) is 0 Å². The van der Waals surface area contributed by atoms with Crippen LogP contribution in [-0.4, -0.2) is 4.98 Å². The van der Waals surface area contributed by atoms with E-state index in [1.165, 1.54) is 15.9 Å². The highest BCUT2D eigenvalue weighted by Crippen LogP contribution is 2.46. The fraction of sp³-hybridized carbons (Fsp3) is 0.0800. The standard InChI is InChI=1S/C25H23N2P/c1-21-12-11-13-22(27-21)20-26-28(23-14-5-2-6-15-23,24-16-7-3-8-17-24)25-18-9-4-10-19-25/h2-19H,20H2,1H3. The maximum Gasteiger partial charge on any atom is 0.0808 e. The number of hydrogen-bond donors (Lipinski definition) is 0. The molecule has 3 aromatic carbocycles. The minimum atomic E-state index is -2.15. The van der Waals surface area contributed by atoms with Gasteiger partial charge in [-0.25, -0.2) is 0 Å². The largest absolute Gasteiger partial charge is 0.283 e. The normalized spacial score (nSPS) is 11.2. The van der Waals surface area contributed by atoms with E-state index in [2.05, 4.69) is 108 Å². The molecule has 0 aliphatic carbocycles. The van der Waals surface area contributed by atoms with Gasteiger partial charge in [0.05, 0.1) is 19.3 Å². The van der Waals surface area contributed by atoms with Crippen LogP contribution in [0.4, 0.5) is 0 Å². The van der Waals surface area contributed by atoms with Crippen molar-refractivity contribution < 1.29 is 0 Å². The Kier molecular flexibility index (Phi) is 5.50. The summed E-state index contributed by atoms with van der Waals surface area (Å²) in [4.78, 5) is 4.68. The summed E-state index contributed by atoms with van der Waals surface area (Å²) in [5.41, 5.74) is 2.03. The van der Waals surface area contributed by atoms with Gasteiger partial charge in [0.25, 0.3) is 0 Å². The number of benzene rings is 3. The third kappa shape index (κ3) is 3.69. The summed E-state index contributed by atoms with van der Waals surface area (Å²) in [6.45, 7) is 2.62. The lowest BCUT2D eigenvalue weighted by Crippen LogP contribution is -2.25. The molecule has 0 N–H and O–H groups in total. The van der Waals surface area contributed by atoms with E-state index in [-0.39, 0.29) is 0 Å². The molecule has 0 fully saturated rings. The fourth-order valence-corrected chi connectivity index (χ4v) is 7.04. The second-order valence-electron chi connectivity index (χ2n) is 6.71. The Morgan fingerprint density at radius 2 is 1.07 bits per heavy atom. The lowest BCUT2D eigenvalue weighted by Gasteiger charge is -2.27. The van der Waals surface area contributed by atoms with Crippen LogP contribution in [-0.2, 0) is 6.54 Å². The van der Waals surface area contributed by atoms with Crippen LogP contribution in [0, 0.1) is 6.92 Å². The summed E-state index contributed by atoms with van der Waals surface area (Å²) in [5.74, 6) is 0. The van der Waals surface area contributed by atoms with E-state index >= 15 is 0 Å². The summed E-state index contributed by atoms with van der Waals surface area (Å²) in [6.07, 6.45) is 0. The predicted molar refractivity (Wildman–Crippen MR) is 120 cm³/mol. The molecule has 0 saturated carbocycles. The van der Waals surface area contributed by atoms with Crippen LogP contribution in [0.1, 0.15) is 11.4 Å². The van der Waals surface area contributed by atoms with Gasteiger partial charge in [0, 0.05) is 21.6 Å². The molecule has 138 valence electrons. The van der Waals surface area contributed by atoms with E-state index in [1.807, 2.05) is 13.0 Å². The van der Waals surface area contributed by atoms with E-state index < -0.39 is 7.05 Å². The summed E-state index contributed by atoms with van der Waals surface area (Å²) in [6, 6.07) is 38.2. The van der Waals surface area contributed by atoms with Crippen molar-refractivity contribution in [3.63, 3.8) is 0 Å². The van der Waals surface area contributed by atoms with Crippen LogP contribution in [0.25, 0.3) is 0 Å². The van der Waals surface area contributed by atoms with Gasteiger partial charge in [0.15, 0.2) is 0 Å². The summed E-state index contributed by atoms with van der Waals surface area (Å²) in [5, 5.41) is 3.79. The van der Waals surface area contributed by atoms with Crippen molar-refractivity contribution in [1.82, 2.24) is 4.98 Å². The Labute approximate surface area is 167 Å². The number of aromatic nitrogens is 1. The quantitative estimate of drug-likeness (QED) is 0.443. The highest BCUT2D eigenvalue weighted by molar-refractivity contribution is 7.87. The van der Waals surface area contributed by atoms with E-state index in [4.69, 9.17) is 4.74 Å². The Morgan fingerprint density at radius 1 is 0.607 bits per heavy atom. The molecule has 0 aliphatic rings. The SMILES string of the molecule is Cc1cccc(CN=P(c2ccccc2)(c2ccccc2)c2ccccc2)n1. The molecule has 0 spiro atoms. The third-order valence-electron chi connectivity index (χ3n) is 4.78. The smallest absolute Gasteiger partial charge is 0.0808 e. The van der Waals surface area contributed by atoms with Crippen molar-refractivity contribution in [2.24, 2.45) is 4.74 Å². The number of rotatable bonds is 5. The zero-order valence-electron chi connectivity index (χ0n) is 15.9. The van der Waals surface area contributed by atoms with Crippen molar-refractivity contribution in [1.29, 1.82) is 0 Å². The van der Waals surface area contributed by atoms with Crippen LogP contribution < -0.4 is 15.9 Å². The topological polar surface area (TPSA) is 25.2 Å². The number of pyridine rings is 1. The summed E-state index contributed by atoms with van der Waals surface area (Å²) >= 11 is 0. The molecular formula is C25H23N2P. The van der Waals surface area contributed by atoms with Crippen LogP contribution in [0.15, 0.2) is 114 Å². The molecule has 0 atom stereocenters. The highest BCUT2D eigenvalue weighted by Gasteiger charge is 2.26. The maximum atomic E-state index is 5.43.